The molecule has 0 unspecified atom stereocenters. The van der Waals surface area contributed by atoms with Crippen LogP contribution < -0.4 is 16.0 Å². The summed E-state index contributed by atoms with van der Waals surface area (Å²) in [6, 6.07) is 7.63. The summed E-state index contributed by atoms with van der Waals surface area (Å²) in [5.74, 6) is 0.717. The lowest BCUT2D eigenvalue weighted by Gasteiger charge is -2.23. The normalized spacial score (nSPS) is 12.0. The number of rotatable bonds is 5. The lowest BCUT2D eigenvalue weighted by Crippen LogP contribution is -2.47. The number of nitrogens with one attached hydrogen (secondary N) is 3. The van der Waals surface area contributed by atoms with E-state index in [4.69, 9.17) is 0 Å². The first-order valence-electron chi connectivity index (χ1n) is 7.71. The average molecular weight is 304 g/mol. The molecule has 0 radical (unpaired) electrons. The Kier molecular flexibility index (Phi) is 6.89. The summed E-state index contributed by atoms with van der Waals surface area (Å²) in [6.07, 6.45) is 0.932. The van der Waals surface area contributed by atoms with Gasteiger partial charge in [-0.1, -0.05) is 19.1 Å². The Bertz CT molecular complexity index is 518. The van der Waals surface area contributed by atoms with Crippen molar-refractivity contribution in [3.63, 3.8) is 0 Å². The molecule has 22 heavy (non-hydrogen) atoms. The van der Waals surface area contributed by atoms with Gasteiger partial charge in [0.15, 0.2) is 5.96 Å². The number of benzene rings is 1. The lowest BCUT2D eigenvalue weighted by atomic mass is 10.1. The Balaban J connectivity index is 2.65. The molecular weight excluding hydrogens is 276 g/mol. The van der Waals surface area contributed by atoms with Gasteiger partial charge in [-0.25, -0.2) is 0 Å². The van der Waals surface area contributed by atoms with Crippen molar-refractivity contribution >= 4 is 11.9 Å². The summed E-state index contributed by atoms with van der Waals surface area (Å²) in [6.45, 7) is 9.60. The van der Waals surface area contributed by atoms with Gasteiger partial charge in [-0.15, -0.1) is 0 Å². The monoisotopic (exact) mass is 304 g/mol. The van der Waals surface area contributed by atoms with Gasteiger partial charge >= 0.3 is 0 Å². The predicted octanol–water partition coefficient (Wildman–Crippen LogP) is 2.29. The van der Waals surface area contributed by atoms with Crippen molar-refractivity contribution in [2.45, 2.75) is 46.2 Å². The SMILES string of the molecule is CCCNC(=O)c1cccc(CNC(=NC)NC(C)(C)C)c1. The van der Waals surface area contributed by atoms with Gasteiger partial charge in [0.25, 0.3) is 5.91 Å². The quantitative estimate of drug-likeness (QED) is 0.577. The first-order valence-corrected chi connectivity index (χ1v) is 7.71. The van der Waals surface area contributed by atoms with E-state index in [0.717, 1.165) is 17.9 Å². The molecule has 5 nitrogen and oxygen atoms in total. The van der Waals surface area contributed by atoms with Gasteiger partial charge in [0, 0.05) is 31.2 Å². The molecule has 0 atom stereocenters. The third kappa shape index (κ3) is 6.61. The van der Waals surface area contributed by atoms with Crippen LogP contribution in [0.25, 0.3) is 0 Å². The van der Waals surface area contributed by atoms with Gasteiger partial charge in [0.05, 0.1) is 0 Å². The molecule has 0 aliphatic rings. The van der Waals surface area contributed by atoms with Crippen LogP contribution in [-0.2, 0) is 6.54 Å². The second-order valence-corrected chi connectivity index (χ2v) is 6.26. The molecule has 1 aromatic rings. The molecular formula is C17H28N4O. The van der Waals surface area contributed by atoms with Crippen LogP contribution in [0.15, 0.2) is 29.3 Å². The summed E-state index contributed by atoms with van der Waals surface area (Å²) in [4.78, 5) is 16.2. The van der Waals surface area contributed by atoms with Crippen LogP contribution in [0.5, 0.6) is 0 Å². The molecule has 1 aromatic carbocycles. The fourth-order valence-electron chi connectivity index (χ4n) is 1.88. The van der Waals surface area contributed by atoms with Crippen molar-refractivity contribution in [3.8, 4) is 0 Å². The molecule has 0 aliphatic carbocycles. The van der Waals surface area contributed by atoms with Crippen molar-refractivity contribution in [2.24, 2.45) is 4.99 Å². The summed E-state index contributed by atoms with van der Waals surface area (Å²) >= 11 is 0. The Morgan fingerprint density at radius 1 is 1.23 bits per heavy atom. The van der Waals surface area contributed by atoms with E-state index in [1.54, 1.807) is 7.05 Å². The number of carbonyl (C=O) groups excluding carboxylic acids is 1. The number of hydrogen-bond acceptors (Lipinski definition) is 2. The van der Waals surface area contributed by atoms with Crippen molar-refractivity contribution < 1.29 is 4.79 Å². The molecule has 5 heteroatoms. The summed E-state index contributed by atoms with van der Waals surface area (Å²) < 4.78 is 0. The fraction of sp³-hybridized carbons (Fsp3) is 0.529. The Morgan fingerprint density at radius 2 is 1.95 bits per heavy atom. The maximum absolute atomic E-state index is 12.0. The molecule has 0 heterocycles. The van der Waals surface area contributed by atoms with Crippen LogP contribution in [0.4, 0.5) is 0 Å². The maximum atomic E-state index is 12.0. The van der Waals surface area contributed by atoms with Crippen LogP contribution in [0.2, 0.25) is 0 Å². The van der Waals surface area contributed by atoms with Crippen LogP contribution in [0, 0.1) is 0 Å². The third-order valence-corrected chi connectivity index (χ3v) is 2.90. The molecule has 1 amide bonds. The Labute approximate surface area is 133 Å². The Hall–Kier alpha value is -2.04. The van der Waals surface area contributed by atoms with E-state index in [9.17, 15) is 4.79 Å². The molecule has 0 spiro atoms. The predicted molar refractivity (Wildman–Crippen MR) is 92.2 cm³/mol. The van der Waals surface area contributed by atoms with E-state index < -0.39 is 0 Å². The second kappa shape index (κ2) is 8.41. The highest BCUT2D eigenvalue weighted by molar-refractivity contribution is 5.94. The van der Waals surface area contributed by atoms with E-state index in [0.29, 0.717) is 18.7 Å². The first-order chi connectivity index (χ1) is 10.4. The van der Waals surface area contributed by atoms with Crippen LogP contribution in [-0.4, -0.2) is 31.0 Å². The van der Waals surface area contributed by atoms with E-state index in [-0.39, 0.29) is 11.4 Å². The molecule has 0 bridgehead atoms. The standard InChI is InChI=1S/C17H28N4O/c1-6-10-19-15(22)14-9-7-8-13(11-14)12-20-16(18-5)21-17(2,3)4/h7-9,11H,6,10,12H2,1-5H3,(H,19,22)(H2,18,20,21). The zero-order valence-electron chi connectivity index (χ0n) is 14.3. The number of carbonyl (C=O) groups is 1. The van der Waals surface area contributed by atoms with Gasteiger partial charge in [-0.2, -0.15) is 0 Å². The molecule has 0 fully saturated rings. The topological polar surface area (TPSA) is 65.5 Å². The summed E-state index contributed by atoms with van der Waals surface area (Å²) in [7, 11) is 1.75. The molecule has 0 aromatic heterocycles. The van der Waals surface area contributed by atoms with E-state index in [1.807, 2.05) is 31.2 Å². The molecule has 0 saturated carbocycles. The molecule has 3 N–H and O–H groups in total. The highest BCUT2D eigenvalue weighted by atomic mass is 16.1. The Morgan fingerprint density at radius 3 is 2.55 bits per heavy atom. The zero-order chi connectivity index (χ0) is 16.6. The van der Waals surface area contributed by atoms with E-state index in [2.05, 4.69) is 41.7 Å². The number of guanidine groups is 1. The minimum Gasteiger partial charge on any atom is -0.352 e. The van der Waals surface area contributed by atoms with Gasteiger partial charge in [0.2, 0.25) is 0 Å². The first kappa shape index (κ1) is 18.0. The second-order valence-electron chi connectivity index (χ2n) is 6.26. The lowest BCUT2D eigenvalue weighted by molar-refractivity contribution is 0.0953. The number of aliphatic imine (C=N–C) groups is 1. The van der Waals surface area contributed by atoms with Gasteiger partial charge in [0.1, 0.15) is 0 Å². The number of amides is 1. The fourth-order valence-corrected chi connectivity index (χ4v) is 1.88. The van der Waals surface area contributed by atoms with Gasteiger partial charge in [-0.3, -0.25) is 9.79 Å². The largest absolute Gasteiger partial charge is 0.352 e. The average Bonchev–Trinajstić information content (AvgIpc) is 2.48. The smallest absolute Gasteiger partial charge is 0.251 e. The number of nitrogens with zero attached hydrogens (tertiary/aromatic N) is 1. The van der Waals surface area contributed by atoms with E-state index >= 15 is 0 Å². The van der Waals surface area contributed by atoms with Gasteiger partial charge < -0.3 is 16.0 Å². The van der Waals surface area contributed by atoms with Crippen molar-refractivity contribution in [2.75, 3.05) is 13.6 Å². The minimum atomic E-state index is -0.0519. The number of hydrogen-bond donors (Lipinski definition) is 3. The zero-order valence-corrected chi connectivity index (χ0v) is 14.3. The highest BCUT2D eigenvalue weighted by Crippen LogP contribution is 2.06. The maximum Gasteiger partial charge on any atom is 0.251 e. The van der Waals surface area contributed by atoms with Crippen LogP contribution in [0.1, 0.15) is 50.0 Å². The van der Waals surface area contributed by atoms with Crippen molar-refractivity contribution in [1.82, 2.24) is 16.0 Å². The van der Waals surface area contributed by atoms with E-state index in [1.165, 1.54) is 0 Å². The van der Waals surface area contributed by atoms with Crippen molar-refractivity contribution in [3.05, 3.63) is 35.4 Å². The third-order valence-electron chi connectivity index (χ3n) is 2.90. The summed E-state index contributed by atoms with van der Waals surface area (Å²) in [5.41, 5.74) is 1.68. The van der Waals surface area contributed by atoms with Crippen molar-refractivity contribution in [1.29, 1.82) is 0 Å². The van der Waals surface area contributed by atoms with Crippen LogP contribution in [0.3, 0.4) is 0 Å². The summed E-state index contributed by atoms with van der Waals surface area (Å²) in [5, 5.41) is 9.45. The molecule has 0 saturated heterocycles. The molecule has 1 rings (SSSR count). The molecule has 122 valence electrons. The molecule has 0 aliphatic heterocycles. The van der Waals surface area contributed by atoms with Gasteiger partial charge in [-0.05, 0) is 44.9 Å². The highest BCUT2D eigenvalue weighted by Gasteiger charge is 2.11. The van der Waals surface area contributed by atoms with Crippen LogP contribution >= 0.6 is 0 Å². The minimum absolute atomic E-state index is 0.0269.